The number of halogens is 1. The monoisotopic (exact) mass is 251 g/mol. The van der Waals surface area contributed by atoms with Crippen molar-refractivity contribution in [1.29, 1.82) is 5.26 Å². The molecule has 0 saturated heterocycles. The van der Waals surface area contributed by atoms with Gasteiger partial charge in [-0.15, -0.1) is 0 Å². The molecule has 0 bridgehead atoms. The van der Waals surface area contributed by atoms with Crippen molar-refractivity contribution >= 4 is 0 Å². The Bertz CT molecular complexity index is 401. The maximum Gasteiger partial charge on any atom is 0.128 e. The predicted octanol–water partition coefficient (Wildman–Crippen LogP) is 3.03. The minimum Gasteiger partial charge on any atom is -0.379 e. The van der Waals surface area contributed by atoms with Crippen molar-refractivity contribution in [3.8, 4) is 6.07 Å². The lowest BCUT2D eigenvalue weighted by Crippen LogP contribution is -2.06. The van der Waals surface area contributed by atoms with Gasteiger partial charge in [-0.1, -0.05) is 13.3 Å². The fourth-order valence-electron chi connectivity index (χ4n) is 1.40. The van der Waals surface area contributed by atoms with E-state index in [1.54, 1.807) is 0 Å². The average Bonchev–Trinajstić information content (AvgIpc) is 2.39. The van der Waals surface area contributed by atoms with Crippen LogP contribution in [0.3, 0.4) is 0 Å². The van der Waals surface area contributed by atoms with Crippen LogP contribution in [-0.4, -0.2) is 19.8 Å². The molecule has 0 atom stereocenters. The van der Waals surface area contributed by atoms with Crippen LogP contribution < -0.4 is 0 Å². The zero-order chi connectivity index (χ0) is 13.2. The summed E-state index contributed by atoms with van der Waals surface area (Å²) in [6.07, 6.45) is 2.14. The molecule has 18 heavy (non-hydrogen) atoms. The van der Waals surface area contributed by atoms with Gasteiger partial charge in [-0.05, 0) is 24.6 Å². The molecule has 0 aliphatic carbocycles. The summed E-state index contributed by atoms with van der Waals surface area (Å²) in [4.78, 5) is 0. The van der Waals surface area contributed by atoms with E-state index >= 15 is 0 Å². The zero-order valence-electron chi connectivity index (χ0n) is 10.6. The van der Waals surface area contributed by atoms with Crippen molar-refractivity contribution in [2.24, 2.45) is 0 Å². The number of nitrogens with zero attached hydrogens (tertiary/aromatic N) is 1. The highest BCUT2D eigenvalue weighted by Gasteiger charge is 2.03. The molecule has 0 amide bonds. The van der Waals surface area contributed by atoms with Crippen LogP contribution in [0, 0.1) is 17.1 Å². The van der Waals surface area contributed by atoms with Crippen molar-refractivity contribution in [2.45, 2.75) is 26.4 Å². The van der Waals surface area contributed by atoms with Gasteiger partial charge in [0.15, 0.2) is 0 Å². The third-order valence-corrected chi connectivity index (χ3v) is 2.45. The molecular weight excluding hydrogens is 233 g/mol. The molecule has 0 radical (unpaired) electrons. The van der Waals surface area contributed by atoms with Crippen LogP contribution in [0.2, 0.25) is 0 Å². The highest BCUT2D eigenvalue weighted by atomic mass is 19.1. The first kappa shape index (κ1) is 14.6. The Labute approximate surface area is 107 Å². The van der Waals surface area contributed by atoms with Crippen molar-refractivity contribution in [3.05, 3.63) is 35.1 Å². The summed E-state index contributed by atoms with van der Waals surface area (Å²) in [5, 5.41) is 8.71. The maximum absolute atomic E-state index is 13.4. The fraction of sp³-hybridized carbons (Fsp3) is 0.500. The highest BCUT2D eigenvalue weighted by Crippen LogP contribution is 2.11. The summed E-state index contributed by atoms with van der Waals surface area (Å²) in [7, 11) is 0. The minimum absolute atomic E-state index is 0.165. The first-order chi connectivity index (χ1) is 8.77. The quantitative estimate of drug-likeness (QED) is 0.667. The van der Waals surface area contributed by atoms with E-state index in [2.05, 4.69) is 6.92 Å². The Morgan fingerprint density at radius 2 is 2.00 bits per heavy atom. The van der Waals surface area contributed by atoms with Gasteiger partial charge in [-0.2, -0.15) is 5.26 Å². The second kappa shape index (κ2) is 8.62. The molecule has 4 heteroatoms. The Balaban J connectivity index is 2.25. The van der Waals surface area contributed by atoms with Gasteiger partial charge >= 0.3 is 0 Å². The predicted molar refractivity (Wildman–Crippen MR) is 66.5 cm³/mol. The van der Waals surface area contributed by atoms with Gasteiger partial charge in [-0.3, -0.25) is 0 Å². The van der Waals surface area contributed by atoms with E-state index in [-0.39, 0.29) is 12.4 Å². The lowest BCUT2D eigenvalue weighted by molar-refractivity contribution is 0.0388. The molecule has 3 nitrogen and oxygen atoms in total. The molecule has 98 valence electrons. The van der Waals surface area contributed by atoms with Gasteiger partial charge in [0.05, 0.1) is 31.5 Å². The third kappa shape index (κ3) is 5.26. The first-order valence-electron chi connectivity index (χ1n) is 6.12. The molecule has 0 aliphatic rings. The van der Waals surface area contributed by atoms with Crippen LogP contribution in [-0.2, 0) is 16.1 Å². The molecule has 1 rings (SSSR count). The number of ether oxygens (including phenoxy) is 2. The van der Waals surface area contributed by atoms with Gasteiger partial charge in [-0.25, -0.2) is 4.39 Å². The number of hydrogen-bond acceptors (Lipinski definition) is 3. The number of hydrogen-bond donors (Lipinski definition) is 0. The van der Waals surface area contributed by atoms with Crippen LogP contribution in [0.1, 0.15) is 30.9 Å². The summed E-state index contributed by atoms with van der Waals surface area (Å²) in [5.74, 6) is -0.346. The van der Waals surface area contributed by atoms with Crippen LogP contribution in [0.5, 0.6) is 0 Å². The molecule has 0 aromatic heterocycles. The second-order valence-electron chi connectivity index (χ2n) is 3.94. The Kier molecular flexibility index (Phi) is 7.00. The highest BCUT2D eigenvalue weighted by molar-refractivity contribution is 5.33. The van der Waals surface area contributed by atoms with Gasteiger partial charge in [0.25, 0.3) is 0 Å². The van der Waals surface area contributed by atoms with Crippen molar-refractivity contribution in [3.63, 3.8) is 0 Å². The largest absolute Gasteiger partial charge is 0.379 e. The normalized spacial score (nSPS) is 10.3. The van der Waals surface area contributed by atoms with Gasteiger partial charge in [0.2, 0.25) is 0 Å². The van der Waals surface area contributed by atoms with E-state index in [1.165, 1.54) is 18.2 Å². The molecule has 0 N–H and O–H groups in total. The van der Waals surface area contributed by atoms with Crippen LogP contribution in [0.25, 0.3) is 0 Å². The number of unbranched alkanes of at least 4 members (excludes halogenated alkanes) is 1. The van der Waals surface area contributed by atoms with Crippen LogP contribution in [0.4, 0.5) is 4.39 Å². The number of rotatable bonds is 8. The lowest BCUT2D eigenvalue weighted by atomic mass is 10.1. The van der Waals surface area contributed by atoms with Crippen molar-refractivity contribution in [2.75, 3.05) is 19.8 Å². The molecule has 0 spiro atoms. The summed E-state index contributed by atoms with van der Waals surface area (Å²) in [5.41, 5.74) is 0.844. The molecule has 0 fully saturated rings. The van der Waals surface area contributed by atoms with Crippen LogP contribution in [0.15, 0.2) is 18.2 Å². The number of benzene rings is 1. The molecule has 0 saturated carbocycles. The van der Waals surface area contributed by atoms with Gasteiger partial charge < -0.3 is 9.47 Å². The molecular formula is C14H18FNO2. The topological polar surface area (TPSA) is 42.2 Å². The van der Waals surface area contributed by atoms with Gasteiger partial charge in [0.1, 0.15) is 5.82 Å². The molecule has 0 aliphatic heterocycles. The Morgan fingerprint density at radius 1 is 1.22 bits per heavy atom. The van der Waals surface area contributed by atoms with Crippen LogP contribution >= 0.6 is 0 Å². The smallest absolute Gasteiger partial charge is 0.128 e. The molecule has 0 heterocycles. The first-order valence-corrected chi connectivity index (χ1v) is 6.12. The SMILES string of the molecule is CCCCOCCOCc1cc(C#N)ccc1F. The Hall–Kier alpha value is -1.44. The Morgan fingerprint density at radius 3 is 2.72 bits per heavy atom. The molecule has 1 aromatic rings. The minimum atomic E-state index is -0.346. The van der Waals surface area contributed by atoms with E-state index in [9.17, 15) is 4.39 Å². The van der Waals surface area contributed by atoms with Crippen molar-refractivity contribution in [1.82, 2.24) is 0 Å². The van der Waals surface area contributed by atoms with Gasteiger partial charge in [0, 0.05) is 12.2 Å². The average molecular weight is 251 g/mol. The van der Waals surface area contributed by atoms with E-state index < -0.39 is 0 Å². The maximum atomic E-state index is 13.4. The zero-order valence-corrected chi connectivity index (χ0v) is 10.6. The summed E-state index contributed by atoms with van der Waals surface area (Å²) >= 11 is 0. The lowest BCUT2D eigenvalue weighted by Gasteiger charge is -2.06. The third-order valence-electron chi connectivity index (χ3n) is 2.45. The number of nitriles is 1. The summed E-state index contributed by atoms with van der Waals surface area (Å²) in [6.45, 7) is 3.95. The van der Waals surface area contributed by atoms with E-state index in [0.29, 0.717) is 24.3 Å². The fourth-order valence-corrected chi connectivity index (χ4v) is 1.40. The molecule has 0 unspecified atom stereocenters. The second-order valence-corrected chi connectivity index (χ2v) is 3.94. The van der Waals surface area contributed by atoms with E-state index in [4.69, 9.17) is 14.7 Å². The van der Waals surface area contributed by atoms with E-state index in [1.807, 2.05) is 6.07 Å². The summed E-state index contributed by atoms with van der Waals surface area (Å²) < 4.78 is 24.0. The molecule has 1 aromatic carbocycles. The van der Waals surface area contributed by atoms with E-state index in [0.717, 1.165) is 19.4 Å². The summed E-state index contributed by atoms with van der Waals surface area (Å²) in [6, 6.07) is 6.22. The standard InChI is InChI=1S/C14H18FNO2/c1-2-3-6-17-7-8-18-11-13-9-12(10-16)4-5-14(13)15/h4-5,9H,2-3,6-8,11H2,1H3. The van der Waals surface area contributed by atoms with Crippen molar-refractivity contribution < 1.29 is 13.9 Å².